The molecule has 1 unspecified atom stereocenters. The zero-order valence-corrected chi connectivity index (χ0v) is 11.3. The van der Waals surface area contributed by atoms with Crippen LogP contribution in [0.2, 0.25) is 5.02 Å². The van der Waals surface area contributed by atoms with Crippen LogP contribution in [0, 0.1) is 11.3 Å². The van der Waals surface area contributed by atoms with Crippen molar-refractivity contribution in [3.8, 4) is 0 Å². The first-order valence-corrected chi connectivity index (χ1v) is 6.68. The molecule has 0 aliphatic heterocycles. The standard InChI is InChI=1S/C15H19ClO/c1-15(2)9-4-3-8-13(15)14(17)11-6-5-7-12(16)10-11/h5-7,10,13H,3-4,8-9H2,1-2H3. The maximum absolute atomic E-state index is 12.5. The summed E-state index contributed by atoms with van der Waals surface area (Å²) in [6, 6.07) is 7.32. The van der Waals surface area contributed by atoms with Gasteiger partial charge < -0.3 is 0 Å². The summed E-state index contributed by atoms with van der Waals surface area (Å²) in [6.45, 7) is 4.42. The van der Waals surface area contributed by atoms with Gasteiger partial charge in [0.15, 0.2) is 5.78 Å². The molecular weight excluding hydrogens is 232 g/mol. The van der Waals surface area contributed by atoms with Crippen molar-refractivity contribution >= 4 is 17.4 Å². The first kappa shape index (κ1) is 12.6. The Hall–Kier alpha value is -0.820. The average Bonchev–Trinajstić information content (AvgIpc) is 2.27. The second-order valence-electron chi connectivity index (χ2n) is 5.66. The highest BCUT2D eigenvalue weighted by Crippen LogP contribution is 2.42. The van der Waals surface area contributed by atoms with Crippen LogP contribution < -0.4 is 0 Å². The SMILES string of the molecule is CC1(C)CCCCC1C(=O)c1cccc(Cl)c1. The average molecular weight is 251 g/mol. The molecule has 0 heterocycles. The van der Waals surface area contributed by atoms with Crippen LogP contribution in [-0.4, -0.2) is 5.78 Å². The maximum atomic E-state index is 12.5. The third-order valence-corrected chi connectivity index (χ3v) is 4.17. The molecule has 2 rings (SSSR count). The first-order valence-electron chi connectivity index (χ1n) is 6.30. The largest absolute Gasteiger partial charge is 0.294 e. The molecule has 0 spiro atoms. The summed E-state index contributed by atoms with van der Waals surface area (Å²) < 4.78 is 0. The summed E-state index contributed by atoms with van der Waals surface area (Å²) in [5, 5.41) is 0.643. The van der Waals surface area contributed by atoms with Gasteiger partial charge in [0.2, 0.25) is 0 Å². The van der Waals surface area contributed by atoms with Gasteiger partial charge in [-0.1, -0.05) is 50.4 Å². The van der Waals surface area contributed by atoms with E-state index in [1.54, 1.807) is 6.07 Å². The molecule has 1 atom stereocenters. The third kappa shape index (κ3) is 2.71. The van der Waals surface area contributed by atoms with Crippen LogP contribution in [0.5, 0.6) is 0 Å². The Morgan fingerprint density at radius 3 is 2.76 bits per heavy atom. The molecule has 1 fully saturated rings. The number of rotatable bonds is 2. The van der Waals surface area contributed by atoms with E-state index in [2.05, 4.69) is 13.8 Å². The number of benzene rings is 1. The number of ketones is 1. The summed E-state index contributed by atoms with van der Waals surface area (Å²) in [6.07, 6.45) is 4.56. The Bertz CT molecular complexity index is 423. The minimum Gasteiger partial charge on any atom is -0.294 e. The highest BCUT2D eigenvalue weighted by molar-refractivity contribution is 6.31. The fourth-order valence-electron chi connectivity index (χ4n) is 2.82. The molecule has 92 valence electrons. The molecule has 0 bridgehead atoms. The highest BCUT2D eigenvalue weighted by atomic mass is 35.5. The fourth-order valence-corrected chi connectivity index (χ4v) is 3.01. The molecule has 1 aliphatic rings. The van der Waals surface area contributed by atoms with E-state index < -0.39 is 0 Å². The second-order valence-corrected chi connectivity index (χ2v) is 6.10. The van der Waals surface area contributed by atoms with E-state index in [1.807, 2.05) is 18.2 Å². The molecule has 1 aromatic carbocycles. The van der Waals surface area contributed by atoms with Gasteiger partial charge in [-0.25, -0.2) is 0 Å². The second kappa shape index (κ2) is 4.81. The van der Waals surface area contributed by atoms with Crippen molar-refractivity contribution in [3.63, 3.8) is 0 Å². The van der Waals surface area contributed by atoms with E-state index in [0.29, 0.717) is 5.02 Å². The van der Waals surface area contributed by atoms with Gasteiger partial charge in [-0.15, -0.1) is 0 Å². The van der Waals surface area contributed by atoms with E-state index in [0.717, 1.165) is 18.4 Å². The van der Waals surface area contributed by atoms with Crippen LogP contribution in [0.3, 0.4) is 0 Å². The van der Waals surface area contributed by atoms with Crippen molar-refractivity contribution in [2.75, 3.05) is 0 Å². The lowest BCUT2D eigenvalue weighted by molar-refractivity contribution is 0.0697. The number of hydrogen-bond donors (Lipinski definition) is 0. The predicted octanol–water partition coefficient (Wildman–Crippen LogP) is 4.74. The van der Waals surface area contributed by atoms with Crippen molar-refractivity contribution in [2.45, 2.75) is 39.5 Å². The van der Waals surface area contributed by atoms with Gasteiger partial charge >= 0.3 is 0 Å². The molecular formula is C15H19ClO. The predicted molar refractivity (Wildman–Crippen MR) is 71.5 cm³/mol. The van der Waals surface area contributed by atoms with Gasteiger partial charge in [0.1, 0.15) is 0 Å². The minimum absolute atomic E-state index is 0.123. The monoisotopic (exact) mass is 250 g/mol. The van der Waals surface area contributed by atoms with E-state index in [9.17, 15) is 4.79 Å². The normalized spacial score (nSPS) is 23.4. The number of carbonyl (C=O) groups is 1. The Morgan fingerprint density at radius 1 is 1.35 bits per heavy atom. The van der Waals surface area contributed by atoms with Crippen LogP contribution >= 0.6 is 11.6 Å². The zero-order valence-electron chi connectivity index (χ0n) is 10.5. The lowest BCUT2D eigenvalue weighted by atomic mass is 9.66. The van der Waals surface area contributed by atoms with Crippen molar-refractivity contribution in [2.24, 2.45) is 11.3 Å². The molecule has 0 amide bonds. The van der Waals surface area contributed by atoms with E-state index in [4.69, 9.17) is 11.6 Å². The molecule has 0 N–H and O–H groups in total. The molecule has 1 aliphatic carbocycles. The van der Waals surface area contributed by atoms with Gasteiger partial charge in [-0.05, 0) is 30.4 Å². The molecule has 1 aromatic rings. The summed E-state index contributed by atoms with van der Waals surface area (Å²) >= 11 is 5.95. The van der Waals surface area contributed by atoms with Crippen LogP contribution in [0.4, 0.5) is 0 Å². The molecule has 17 heavy (non-hydrogen) atoms. The van der Waals surface area contributed by atoms with Gasteiger partial charge in [0.25, 0.3) is 0 Å². The lowest BCUT2D eigenvalue weighted by Crippen LogP contribution is -2.34. The van der Waals surface area contributed by atoms with E-state index >= 15 is 0 Å². The zero-order chi connectivity index (χ0) is 12.5. The summed E-state index contributed by atoms with van der Waals surface area (Å²) in [4.78, 5) is 12.5. The van der Waals surface area contributed by atoms with Gasteiger partial charge in [0.05, 0.1) is 0 Å². The first-order chi connectivity index (χ1) is 8.00. The van der Waals surface area contributed by atoms with Crippen LogP contribution in [0.15, 0.2) is 24.3 Å². The van der Waals surface area contributed by atoms with Gasteiger partial charge in [-0.2, -0.15) is 0 Å². The van der Waals surface area contributed by atoms with Crippen molar-refractivity contribution in [1.29, 1.82) is 0 Å². The molecule has 0 saturated heterocycles. The van der Waals surface area contributed by atoms with E-state index in [-0.39, 0.29) is 17.1 Å². The minimum atomic E-state index is 0.123. The number of halogens is 1. The number of Topliss-reactive ketones (excluding diaryl/α,β-unsaturated/α-hetero) is 1. The number of carbonyl (C=O) groups excluding carboxylic acids is 1. The molecule has 2 heteroatoms. The topological polar surface area (TPSA) is 17.1 Å². The van der Waals surface area contributed by atoms with Crippen molar-refractivity contribution < 1.29 is 4.79 Å². The molecule has 0 aromatic heterocycles. The van der Waals surface area contributed by atoms with Crippen LogP contribution in [0.25, 0.3) is 0 Å². The van der Waals surface area contributed by atoms with Crippen LogP contribution in [-0.2, 0) is 0 Å². The van der Waals surface area contributed by atoms with Gasteiger partial charge in [-0.3, -0.25) is 4.79 Å². The van der Waals surface area contributed by atoms with E-state index in [1.165, 1.54) is 12.8 Å². The molecule has 1 saturated carbocycles. The molecule has 0 radical (unpaired) electrons. The fraction of sp³-hybridized carbons (Fsp3) is 0.533. The van der Waals surface area contributed by atoms with Gasteiger partial charge in [0, 0.05) is 16.5 Å². The maximum Gasteiger partial charge on any atom is 0.166 e. The Morgan fingerprint density at radius 2 is 2.12 bits per heavy atom. The summed E-state index contributed by atoms with van der Waals surface area (Å²) in [5.41, 5.74) is 0.884. The summed E-state index contributed by atoms with van der Waals surface area (Å²) in [5.74, 6) is 0.409. The van der Waals surface area contributed by atoms with Crippen molar-refractivity contribution in [3.05, 3.63) is 34.9 Å². The lowest BCUT2D eigenvalue weighted by Gasteiger charge is -2.37. The van der Waals surface area contributed by atoms with Crippen LogP contribution in [0.1, 0.15) is 49.9 Å². The summed E-state index contributed by atoms with van der Waals surface area (Å²) in [7, 11) is 0. The third-order valence-electron chi connectivity index (χ3n) is 3.93. The smallest absolute Gasteiger partial charge is 0.166 e. The molecule has 1 nitrogen and oxygen atoms in total. The highest BCUT2D eigenvalue weighted by Gasteiger charge is 2.37. The number of hydrogen-bond acceptors (Lipinski definition) is 1. The quantitative estimate of drug-likeness (QED) is 0.693. The Balaban J connectivity index is 2.25. The van der Waals surface area contributed by atoms with Crippen molar-refractivity contribution in [1.82, 2.24) is 0 Å². The Labute approximate surface area is 108 Å². The Kier molecular flexibility index (Phi) is 3.58.